The third-order valence-corrected chi connectivity index (χ3v) is 6.21. The molecule has 6 nitrogen and oxygen atoms in total. The fourth-order valence-electron chi connectivity index (χ4n) is 3.05. The monoisotopic (exact) mass is 498 g/mol. The number of thioether (sulfide) groups is 1. The molecule has 0 spiro atoms. The summed E-state index contributed by atoms with van der Waals surface area (Å²) in [6, 6.07) is 16.5. The lowest BCUT2D eigenvalue weighted by molar-refractivity contribution is -0.113. The molecule has 0 aliphatic heterocycles. The highest BCUT2D eigenvalue weighted by molar-refractivity contribution is 7.99. The summed E-state index contributed by atoms with van der Waals surface area (Å²) in [5, 5.41) is 8.46. The normalized spacial score (nSPS) is 11.1. The number of anilines is 1. The van der Waals surface area contributed by atoms with Crippen LogP contribution in [0.15, 0.2) is 70.5 Å². The molecule has 0 radical (unpaired) electrons. The van der Waals surface area contributed by atoms with Gasteiger partial charge in [-0.05, 0) is 47.9 Å². The number of nitrogens with zero attached hydrogens (tertiary/aromatic N) is 3. The Morgan fingerprint density at radius 1 is 1.06 bits per heavy atom. The summed E-state index contributed by atoms with van der Waals surface area (Å²) < 4.78 is 5.46. The maximum absolute atomic E-state index is 12.3. The highest BCUT2D eigenvalue weighted by Gasteiger charge is 2.14. The van der Waals surface area contributed by atoms with Crippen molar-refractivity contribution in [3.8, 4) is 22.7 Å². The number of benzene rings is 2. The van der Waals surface area contributed by atoms with Gasteiger partial charge in [0.25, 0.3) is 0 Å². The van der Waals surface area contributed by atoms with Crippen LogP contribution in [0.5, 0.6) is 0 Å². The summed E-state index contributed by atoms with van der Waals surface area (Å²) in [5.41, 5.74) is 3.82. The minimum Gasteiger partial charge on any atom is -0.354 e. The van der Waals surface area contributed by atoms with E-state index < -0.39 is 0 Å². The molecule has 0 fully saturated rings. The molecule has 0 bridgehead atoms. The largest absolute Gasteiger partial charge is 0.354 e. The van der Waals surface area contributed by atoms with E-state index in [1.54, 1.807) is 36.5 Å². The Bertz CT molecular complexity index is 1280. The lowest BCUT2D eigenvalue weighted by atomic mass is 10.0. The second kappa shape index (κ2) is 10.4. The molecule has 1 amide bonds. The summed E-state index contributed by atoms with van der Waals surface area (Å²) >= 11 is 13.5. The minimum absolute atomic E-state index is 0.134. The van der Waals surface area contributed by atoms with E-state index in [1.807, 2.05) is 24.3 Å². The van der Waals surface area contributed by atoms with Crippen LogP contribution in [0.1, 0.15) is 25.3 Å². The summed E-state index contributed by atoms with van der Waals surface area (Å²) in [6.45, 7) is 4.26. The number of amides is 1. The molecule has 0 aliphatic rings. The first-order valence-corrected chi connectivity index (χ1v) is 11.9. The topological polar surface area (TPSA) is 80.9 Å². The van der Waals surface area contributed by atoms with Crippen LogP contribution in [0.2, 0.25) is 10.0 Å². The number of rotatable bonds is 7. The highest BCUT2D eigenvalue weighted by Crippen LogP contribution is 2.32. The predicted octanol–water partition coefficient (Wildman–Crippen LogP) is 6.96. The maximum atomic E-state index is 12.3. The van der Waals surface area contributed by atoms with Gasteiger partial charge in [0.05, 0.1) is 10.8 Å². The van der Waals surface area contributed by atoms with E-state index in [0.29, 0.717) is 43.8 Å². The number of aromatic nitrogens is 3. The molecular weight excluding hydrogens is 479 g/mol. The van der Waals surface area contributed by atoms with Gasteiger partial charge in [-0.1, -0.05) is 66.1 Å². The number of carbonyl (C=O) groups is 1. The van der Waals surface area contributed by atoms with Crippen molar-refractivity contribution in [3.63, 3.8) is 0 Å². The zero-order valence-electron chi connectivity index (χ0n) is 17.9. The maximum Gasteiger partial charge on any atom is 0.234 e. The molecule has 0 atom stereocenters. The van der Waals surface area contributed by atoms with Crippen LogP contribution < -0.4 is 5.32 Å². The molecule has 0 unspecified atom stereocenters. The van der Waals surface area contributed by atoms with Crippen molar-refractivity contribution < 1.29 is 9.32 Å². The highest BCUT2D eigenvalue weighted by atomic mass is 35.5. The molecule has 1 N–H and O–H groups in total. The van der Waals surface area contributed by atoms with Crippen LogP contribution in [0.25, 0.3) is 22.7 Å². The van der Waals surface area contributed by atoms with E-state index in [0.717, 1.165) is 5.69 Å². The Kier molecular flexibility index (Phi) is 7.33. The fourth-order valence-corrected chi connectivity index (χ4v) is 4.18. The second-order valence-electron chi connectivity index (χ2n) is 7.54. The van der Waals surface area contributed by atoms with Crippen molar-refractivity contribution in [1.82, 2.24) is 15.1 Å². The van der Waals surface area contributed by atoms with E-state index in [-0.39, 0.29) is 11.7 Å². The molecule has 4 aromatic rings. The molecule has 33 heavy (non-hydrogen) atoms. The Hall–Kier alpha value is -2.87. The van der Waals surface area contributed by atoms with Crippen molar-refractivity contribution >= 4 is 46.6 Å². The summed E-state index contributed by atoms with van der Waals surface area (Å²) in [4.78, 5) is 21.1. The van der Waals surface area contributed by atoms with Crippen LogP contribution >= 0.6 is 35.0 Å². The third kappa shape index (κ3) is 5.93. The second-order valence-corrected chi connectivity index (χ2v) is 9.32. The smallest absolute Gasteiger partial charge is 0.234 e. The molecular formula is C24H20Cl2N4O2S. The lowest BCUT2D eigenvalue weighted by Gasteiger charge is -2.08. The van der Waals surface area contributed by atoms with Crippen molar-refractivity contribution in [1.29, 1.82) is 0 Å². The summed E-state index contributed by atoms with van der Waals surface area (Å²) in [5.74, 6) is 0.955. The van der Waals surface area contributed by atoms with Crippen LogP contribution in [0.3, 0.4) is 0 Å². The van der Waals surface area contributed by atoms with Gasteiger partial charge in [-0.15, -0.1) is 0 Å². The molecule has 0 aliphatic carbocycles. The summed E-state index contributed by atoms with van der Waals surface area (Å²) in [6.07, 6.45) is 1.62. The van der Waals surface area contributed by atoms with Crippen molar-refractivity contribution in [2.24, 2.45) is 0 Å². The van der Waals surface area contributed by atoms with Gasteiger partial charge in [0.15, 0.2) is 10.9 Å². The van der Waals surface area contributed by atoms with E-state index >= 15 is 0 Å². The third-order valence-electron chi connectivity index (χ3n) is 4.80. The average molecular weight is 499 g/mol. The number of nitrogens with one attached hydrogen (secondary N) is 1. The molecule has 9 heteroatoms. The van der Waals surface area contributed by atoms with Gasteiger partial charge in [-0.2, -0.15) is 0 Å². The van der Waals surface area contributed by atoms with Gasteiger partial charge in [-0.25, -0.2) is 9.97 Å². The minimum atomic E-state index is -0.134. The Morgan fingerprint density at radius 2 is 1.85 bits per heavy atom. The zero-order valence-corrected chi connectivity index (χ0v) is 20.2. The molecule has 0 saturated carbocycles. The van der Waals surface area contributed by atoms with E-state index in [1.165, 1.54) is 17.3 Å². The molecule has 2 aromatic heterocycles. The first-order chi connectivity index (χ1) is 15.9. The first-order valence-electron chi connectivity index (χ1n) is 10.2. The first kappa shape index (κ1) is 23.3. The Labute approximate surface area is 205 Å². The number of hydrogen-bond acceptors (Lipinski definition) is 6. The van der Waals surface area contributed by atoms with Gasteiger partial charge >= 0.3 is 0 Å². The molecule has 4 rings (SSSR count). The number of hydrogen-bond donors (Lipinski definition) is 1. The Morgan fingerprint density at radius 3 is 2.58 bits per heavy atom. The van der Waals surface area contributed by atoms with Crippen molar-refractivity contribution in [2.75, 3.05) is 11.1 Å². The van der Waals surface area contributed by atoms with Gasteiger partial charge in [0.1, 0.15) is 11.4 Å². The van der Waals surface area contributed by atoms with Gasteiger partial charge in [0, 0.05) is 28.5 Å². The average Bonchev–Trinajstić information content (AvgIpc) is 3.28. The lowest BCUT2D eigenvalue weighted by Crippen LogP contribution is -2.14. The van der Waals surface area contributed by atoms with Gasteiger partial charge in [-0.3, -0.25) is 4.79 Å². The SMILES string of the molecule is CC(C)c1ccc(NC(=O)CSc2nccc(-c3cc(-c4ccc(Cl)cc4Cl)no3)n2)cc1. The van der Waals surface area contributed by atoms with E-state index in [2.05, 4.69) is 34.3 Å². The molecule has 2 aromatic carbocycles. The number of carbonyl (C=O) groups excluding carboxylic acids is 1. The standard InChI is InChI=1S/C24H20Cl2N4O2S/c1-14(2)15-3-6-17(7-4-15)28-23(31)13-33-24-27-10-9-20(29-24)22-12-21(30-32-22)18-8-5-16(25)11-19(18)26/h3-12,14H,13H2,1-2H3,(H,28,31). The molecule has 2 heterocycles. The quantitative estimate of drug-likeness (QED) is 0.219. The van der Waals surface area contributed by atoms with Crippen molar-refractivity contribution in [3.05, 3.63) is 76.4 Å². The van der Waals surface area contributed by atoms with Crippen LogP contribution in [-0.2, 0) is 4.79 Å². The van der Waals surface area contributed by atoms with Gasteiger partial charge < -0.3 is 9.84 Å². The number of halogens is 2. The molecule has 168 valence electrons. The van der Waals surface area contributed by atoms with E-state index in [4.69, 9.17) is 27.7 Å². The zero-order chi connectivity index (χ0) is 23.4. The fraction of sp³-hybridized carbons (Fsp3) is 0.167. The van der Waals surface area contributed by atoms with Crippen LogP contribution in [0, 0.1) is 0 Å². The Balaban J connectivity index is 1.40. The molecule has 0 saturated heterocycles. The van der Waals surface area contributed by atoms with Crippen LogP contribution in [0.4, 0.5) is 5.69 Å². The van der Waals surface area contributed by atoms with Crippen molar-refractivity contribution in [2.45, 2.75) is 24.9 Å². The van der Waals surface area contributed by atoms with E-state index in [9.17, 15) is 4.79 Å². The van der Waals surface area contributed by atoms with Gasteiger partial charge in [0.2, 0.25) is 5.91 Å². The predicted molar refractivity (Wildman–Crippen MR) is 133 cm³/mol. The summed E-state index contributed by atoms with van der Waals surface area (Å²) in [7, 11) is 0. The van der Waals surface area contributed by atoms with Crippen LogP contribution in [-0.4, -0.2) is 26.8 Å².